The maximum absolute atomic E-state index is 15.3. The molecule has 2 heterocycles. The third-order valence-electron chi connectivity index (χ3n) is 7.48. The fourth-order valence-corrected chi connectivity index (χ4v) is 5.35. The number of benzene rings is 3. The number of alkyl halides is 2. The molecule has 0 N–H and O–H groups in total. The molecule has 2 atom stereocenters. The molecule has 5 rings (SSSR count). The van der Waals surface area contributed by atoms with Crippen LogP contribution in [0, 0.1) is 12.7 Å². The highest BCUT2D eigenvalue weighted by Crippen LogP contribution is 2.42. The first-order valence-electron chi connectivity index (χ1n) is 12.7. The molecule has 0 saturated carbocycles. The molecule has 194 valence electrons. The Labute approximate surface area is 215 Å². The van der Waals surface area contributed by atoms with E-state index in [4.69, 9.17) is 4.74 Å². The quantitative estimate of drug-likeness (QED) is 0.396. The van der Waals surface area contributed by atoms with Crippen LogP contribution in [-0.2, 0) is 17.9 Å². The van der Waals surface area contributed by atoms with Crippen LogP contribution in [0.15, 0.2) is 72.8 Å². The number of aryl methyl sites for hydroxylation is 1. The number of likely N-dealkylation sites (tertiary alicyclic amines) is 2. The molecule has 0 radical (unpaired) electrons. The van der Waals surface area contributed by atoms with Gasteiger partial charge in [0.05, 0.1) is 18.5 Å². The number of rotatable bonds is 7. The zero-order valence-electron chi connectivity index (χ0n) is 20.9. The molecule has 3 aromatic carbocycles. The van der Waals surface area contributed by atoms with Gasteiger partial charge < -0.3 is 9.64 Å². The normalized spacial score (nSPS) is 21.8. The second-order valence-electron chi connectivity index (χ2n) is 10.1. The van der Waals surface area contributed by atoms with Gasteiger partial charge in [-0.1, -0.05) is 54.6 Å². The van der Waals surface area contributed by atoms with Gasteiger partial charge in [-0.25, -0.2) is 13.2 Å². The van der Waals surface area contributed by atoms with Crippen LogP contribution in [0.4, 0.5) is 13.2 Å². The molecule has 0 spiro atoms. The number of carbonyl (C=O) groups excluding carboxylic acids is 1. The van der Waals surface area contributed by atoms with E-state index in [0.29, 0.717) is 48.6 Å². The van der Waals surface area contributed by atoms with Crippen molar-refractivity contribution in [1.82, 2.24) is 9.80 Å². The van der Waals surface area contributed by atoms with Crippen LogP contribution < -0.4 is 4.74 Å². The Morgan fingerprint density at radius 3 is 2.41 bits per heavy atom. The van der Waals surface area contributed by atoms with Crippen molar-refractivity contribution in [3.8, 4) is 5.75 Å². The van der Waals surface area contributed by atoms with E-state index in [1.54, 1.807) is 53.1 Å². The van der Waals surface area contributed by atoms with Crippen LogP contribution in [0.5, 0.6) is 5.75 Å². The number of hydrogen-bond donors (Lipinski definition) is 0. The van der Waals surface area contributed by atoms with Crippen LogP contribution >= 0.6 is 0 Å². The molecular formula is C30H31F3N2O2. The molecule has 2 aliphatic heterocycles. The van der Waals surface area contributed by atoms with Gasteiger partial charge in [0.15, 0.2) is 0 Å². The molecular weight excluding hydrogens is 477 g/mol. The monoisotopic (exact) mass is 508 g/mol. The summed E-state index contributed by atoms with van der Waals surface area (Å²) in [5, 5.41) is 0. The van der Waals surface area contributed by atoms with E-state index in [0.717, 1.165) is 5.56 Å². The molecule has 4 nitrogen and oxygen atoms in total. The van der Waals surface area contributed by atoms with Crippen LogP contribution in [0.1, 0.15) is 41.0 Å². The summed E-state index contributed by atoms with van der Waals surface area (Å²) < 4.78 is 50.4. The lowest BCUT2D eigenvalue weighted by atomic mass is 9.85. The lowest BCUT2D eigenvalue weighted by Gasteiger charge is -2.40. The highest BCUT2D eigenvalue weighted by atomic mass is 19.3. The summed E-state index contributed by atoms with van der Waals surface area (Å²) in [5.41, 5.74) is 2.88. The molecule has 1 amide bonds. The van der Waals surface area contributed by atoms with Crippen LogP contribution in [0.2, 0.25) is 0 Å². The van der Waals surface area contributed by atoms with Gasteiger partial charge in [0.1, 0.15) is 18.2 Å². The standard InChI is InChI=1S/C30H31F3N2O2/c1-21-7-8-23(17-27(21)31)18-34-16-14-28(29(34)36)35-15-13-26(30(32,33)20-35)24-9-11-25(12-10-24)37-19-22-5-3-2-4-6-22/h2-12,17,26,28H,13-16,18-20H2,1H3. The third-order valence-corrected chi connectivity index (χ3v) is 7.48. The molecule has 2 aliphatic rings. The van der Waals surface area contributed by atoms with Crippen molar-refractivity contribution in [3.63, 3.8) is 0 Å². The Bertz CT molecular complexity index is 1230. The zero-order valence-corrected chi connectivity index (χ0v) is 20.9. The third kappa shape index (κ3) is 5.67. The summed E-state index contributed by atoms with van der Waals surface area (Å²) in [6.07, 6.45) is 0.769. The average molecular weight is 509 g/mol. The summed E-state index contributed by atoms with van der Waals surface area (Å²) in [6, 6.07) is 21.1. The lowest BCUT2D eigenvalue weighted by molar-refractivity contribution is -0.138. The molecule has 37 heavy (non-hydrogen) atoms. The highest BCUT2D eigenvalue weighted by molar-refractivity contribution is 5.84. The minimum absolute atomic E-state index is 0.157. The van der Waals surface area contributed by atoms with E-state index in [2.05, 4.69) is 0 Å². The zero-order chi connectivity index (χ0) is 26.0. The van der Waals surface area contributed by atoms with Crippen LogP contribution in [0.3, 0.4) is 0 Å². The van der Waals surface area contributed by atoms with Crippen molar-refractivity contribution in [1.29, 1.82) is 0 Å². The number of nitrogens with zero attached hydrogens (tertiary/aromatic N) is 2. The van der Waals surface area contributed by atoms with Crippen molar-refractivity contribution in [2.45, 2.75) is 50.8 Å². The van der Waals surface area contributed by atoms with Gasteiger partial charge in [-0.15, -0.1) is 0 Å². The van der Waals surface area contributed by atoms with Gasteiger partial charge in [0, 0.05) is 13.1 Å². The summed E-state index contributed by atoms with van der Waals surface area (Å²) in [6.45, 7) is 2.85. The van der Waals surface area contributed by atoms with Crippen LogP contribution in [-0.4, -0.2) is 47.3 Å². The van der Waals surface area contributed by atoms with Crippen LogP contribution in [0.25, 0.3) is 0 Å². The molecule has 0 bridgehead atoms. The number of ether oxygens (including phenoxy) is 1. The molecule has 7 heteroatoms. The highest BCUT2D eigenvalue weighted by Gasteiger charge is 2.49. The van der Waals surface area contributed by atoms with Crippen molar-refractivity contribution < 1.29 is 22.7 Å². The topological polar surface area (TPSA) is 32.8 Å². The summed E-state index contributed by atoms with van der Waals surface area (Å²) in [4.78, 5) is 16.3. The van der Waals surface area contributed by atoms with Gasteiger partial charge in [0.25, 0.3) is 5.92 Å². The number of piperidine rings is 1. The first-order valence-corrected chi connectivity index (χ1v) is 12.7. The number of hydrogen-bond acceptors (Lipinski definition) is 3. The predicted molar refractivity (Wildman–Crippen MR) is 136 cm³/mol. The summed E-state index contributed by atoms with van der Waals surface area (Å²) in [7, 11) is 0. The van der Waals surface area contributed by atoms with E-state index >= 15 is 8.78 Å². The minimum Gasteiger partial charge on any atom is -0.489 e. The summed E-state index contributed by atoms with van der Waals surface area (Å²) >= 11 is 0. The largest absolute Gasteiger partial charge is 0.489 e. The van der Waals surface area contributed by atoms with Gasteiger partial charge in [-0.3, -0.25) is 9.69 Å². The predicted octanol–water partition coefficient (Wildman–Crippen LogP) is 5.94. The number of carbonyl (C=O) groups is 1. The number of amides is 1. The first kappa shape index (κ1) is 25.3. The van der Waals surface area contributed by atoms with E-state index in [1.807, 2.05) is 30.3 Å². The van der Waals surface area contributed by atoms with Gasteiger partial charge in [-0.2, -0.15) is 0 Å². The first-order chi connectivity index (χ1) is 17.8. The maximum Gasteiger partial charge on any atom is 0.267 e. The molecule has 2 fully saturated rings. The smallest absolute Gasteiger partial charge is 0.267 e. The molecule has 2 saturated heterocycles. The SMILES string of the molecule is Cc1ccc(CN2CCC(N3CCC(c4ccc(OCc5ccccc5)cc4)C(F)(F)C3)C2=O)cc1F. The Kier molecular flexibility index (Phi) is 7.24. The van der Waals surface area contributed by atoms with E-state index in [-0.39, 0.29) is 24.7 Å². The van der Waals surface area contributed by atoms with E-state index in [1.165, 1.54) is 6.07 Å². The Morgan fingerprint density at radius 1 is 0.946 bits per heavy atom. The molecule has 0 aliphatic carbocycles. The van der Waals surface area contributed by atoms with Gasteiger partial charge >= 0.3 is 0 Å². The minimum atomic E-state index is -2.96. The number of halogens is 3. The maximum atomic E-state index is 15.3. The lowest BCUT2D eigenvalue weighted by Crippen LogP contribution is -2.53. The summed E-state index contributed by atoms with van der Waals surface area (Å²) in [5.74, 6) is -3.69. The second-order valence-corrected chi connectivity index (χ2v) is 10.1. The average Bonchev–Trinajstić information content (AvgIpc) is 3.25. The van der Waals surface area contributed by atoms with Gasteiger partial charge in [-0.05, 0) is 66.8 Å². The van der Waals surface area contributed by atoms with E-state index in [9.17, 15) is 9.18 Å². The van der Waals surface area contributed by atoms with Crippen molar-refractivity contribution in [3.05, 3.63) is 101 Å². The Balaban J connectivity index is 1.18. The fraction of sp³-hybridized carbons (Fsp3) is 0.367. The van der Waals surface area contributed by atoms with Crippen molar-refractivity contribution >= 4 is 5.91 Å². The molecule has 2 unspecified atom stereocenters. The second kappa shape index (κ2) is 10.6. The van der Waals surface area contributed by atoms with E-state index < -0.39 is 24.4 Å². The van der Waals surface area contributed by atoms with Crippen molar-refractivity contribution in [2.24, 2.45) is 0 Å². The Hall–Kier alpha value is -3.32. The van der Waals surface area contributed by atoms with Crippen molar-refractivity contribution in [2.75, 3.05) is 19.6 Å². The fourth-order valence-electron chi connectivity index (χ4n) is 5.35. The molecule has 0 aromatic heterocycles. The van der Waals surface area contributed by atoms with Gasteiger partial charge in [0.2, 0.25) is 5.91 Å². The molecule has 3 aromatic rings. The Morgan fingerprint density at radius 2 is 1.70 bits per heavy atom.